The maximum absolute atomic E-state index is 11.9. The van der Waals surface area contributed by atoms with Crippen LogP contribution in [-0.4, -0.2) is 26.6 Å². The molecule has 0 saturated carbocycles. The molecule has 116 valence electrons. The molecule has 0 radical (unpaired) electrons. The molecule has 1 aromatic heterocycles. The van der Waals surface area contributed by atoms with Gasteiger partial charge in [-0.15, -0.1) is 0 Å². The van der Waals surface area contributed by atoms with E-state index < -0.39 is 17.4 Å². The summed E-state index contributed by atoms with van der Waals surface area (Å²) in [4.78, 5) is 15.8. The lowest BCUT2D eigenvalue weighted by molar-refractivity contribution is 0.181. The highest BCUT2D eigenvalue weighted by molar-refractivity contribution is 7.78. The van der Waals surface area contributed by atoms with Gasteiger partial charge in [-0.1, -0.05) is 12.1 Å². The number of carbonyl (C=O) groups is 1. The molecule has 1 amide bonds. The number of aromatic nitrogens is 1. The average molecular weight is 320 g/mol. The van der Waals surface area contributed by atoms with Gasteiger partial charge in [0.1, 0.15) is 5.75 Å². The Hall–Kier alpha value is -2.25. The average Bonchev–Trinajstić information content (AvgIpc) is 2.53. The highest BCUT2D eigenvalue weighted by Gasteiger charge is 2.18. The zero-order chi connectivity index (χ0) is 15.9. The van der Waals surface area contributed by atoms with E-state index in [1.165, 1.54) is 7.05 Å². The minimum atomic E-state index is -1.94. The molecule has 7 heteroatoms. The third kappa shape index (κ3) is 4.64. The number of carbonyl (C=O) groups excluding carboxylic acids is 1. The predicted molar refractivity (Wildman–Crippen MR) is 82.1 cm³/mol. The van der Waals surface area contributed by atoms with E-state index in [0.717, 1.165) is 15.4 Å². The molecule has 22 heavy (non-hydrogen) atoms. The zero-order valence-corrected chi connectivity index (χ0v) is 13.1. The van der Waals surface area contributed by atoms with Crippen molar-refractivity contribution >= 4 is 17.4 Å². The van der Waals surface area contributed by atoms with Crippen LogP contribution in [0, 0.1) is 6.92 Å². The molecule has 0 aliphatic heterocycles. The van der Waals surface area contributed by atoms with Gasteiger partial charge in [0, 0.05) is 19.4 Å². The maximum atomic E-state index is 11.9. The maximum Gasteiger partial charge on any atom is 0.428 e. The van der Waals surface area contributed by atoms with Crippen molar-refractivity contribution in [3.05, 3.63) is 59.9 Å². The topological polar surface area (TPSA) is 68.7 Å². The monoisotopic (exact) mass is 320 g/mol. The van der Waals surface area contributed by atoms with Crippen molar-refractivity contribution in [3.63, 3.8) is 0 Å². The van der Waals surface area contributed by atoms with Crippen molar-refractivity contribution in [2.45, 2.75) is 13.5 Å². The Morgan fingerprint density at radius 1 is 1.27 bits per heavy atom. The Labute approximate surface area is 131 Å². The Kier molecular flexibility index (Phi) is 5.62. The lowest BCUT2D eigenvalue weighted by Crippen LogP contribution is -2.32. The van der Waals surface area contributed by atoms with Crippen LogP contribution in [0.2, 0.25) is 0 Å². The summed E-state index contributed by atoms with van der Waals surface area (Å²) in [5.41, 5.74) is 1.77. The Morgan fingerprint density at radius 3 is 2.68 bits per heavy atom. The van der Waals surface area contributed by atoms with E-state index >= 15 is 0 Å². The van der Waals surface area contributed by atoms with Gasteiger partial charge in [0.15, 0.2) is 0 Å². The smallest absolute Gasteiger partial charge is 0.409 e. The summed E-state index contributed by atoms with van der Waals surface area (Å²) in [5, 5.41) is 0. The molecule has 2 aromatic rings. The van der Waals surface area contributed by atoms with Crippen molar-refractivity contribution in [2.75, 3.05) is 7.05 Å². The van der Waals surface area contributed by atoms with E-state index in [9.17, 15) is 9.00 Å². The molecular formula is C15H16N2O4S. The van der Waals surface area contributed by atoms with Gasteiger partial charge in [0.2, 0.25) is 0 Å². The lowest BCUT2D eigenvalue weighted by Gasteiger charge is -2.15. The summed E-state index contributed by atoms with van der Waals surface area (Å²) in [6.07, 6.45) is 2.47. The molecule has 0 aliphatic rings. The van der Waals surface area contributed by atoms with Crippen molar-refractivity contribution in [1.29, 1.82) is 0 Å². The molecule has 6 nitrogen and oxygen atoms in total. The Morgan fingerprint density at radius 2 is 2.00 bits per heavy atom. The first kappa shape index (κ1) is 16.1. The van der Waals surface area contributed by atoms with E-state index in [0.29, 0.717) is 5.75 Å². The van der Waals surface area contributed by atoms with Crippen molar-refractivity contribution < 1.29 is 17.9 Å². The summed E-state index contributed by atoms with van der Waals surface area (Å²) in [6.45, 7) is 1.99. The van der Waals surface area contributed by atoms with Gasteiger partial charge >= 0.3 is 6.09 Å². The SMILES string of the molecule is Cc1cccc(OC(=O)N(C)S(=O)OCc2ccncc2)c1. The van der Waals surface area contributed by atoms with Crippen LogP contribution in [0.15, 0.2) is 48.8 Å². The van der Waals surface area contributed by atoms with Crippen LogP contribution in [0.1, 0.15) is 11.1 Å². The summed E-state index contributed by atoms with van der Waals surface area (Å²) >= 11 is -1.94. The van der Waals surface area contributed by atoms with Crippen molar-refractivity contribution in [3.8, 4) is 5.75 Å². The number of nitrogens with zero attached hydrogens (tertiary/aromatic N) is 2. The van der Waals surface area contributed by atoms with Crippen LogP contribution in [0.3, 0.4) is 0 Å². The molecule has 1 aromatic carbocycles. The van der Waals surface area contributed by atoms with Gasteiger partial charge < -0.3 is 4.74 Å². The molecule has 0 N–H and O–H groups in total. The third-order valence-electron chi connectivity index (χ3n) is 2.75. The molecule has 0 spiro atoms. The van der Waals surface area contributed by atoms with Gasteiger partial charge in [-0.3, -0.25) is 9.17 Å². The first-order valence-corrected chi connectivity index (χ1v) is 7.55. The van der Waals surface area contributed by atoms with Crippen molar-refractivity contribution in [2.24, 2.45) is 0 Å². The minimum absolute atomic E-state index is 0.108. The molecule has 1 heterocycles. The van der Waals surface area contributed by atoms with E-state index in [1.54, 1.807) is 42.7 Å². The largest absolute Gasteiger partial charge is 0.428 e. The van der Waals surface area contributed by atoms with Crippen LogP contribution < -0.4 is 4.74 Å². The van der Waals surface area contributed by atoms with Gasteiger partial charge in [-0.05, 0) is 42.3 Å². The van der Waals surface area contributed by atoms with E-state index in [2.05, 4.69) is 4.98 Å². The summed E-state index contributed by atoms with van der Waals surface area (Å²) in [5.74, 6) is 0.392. The molecule has 0 aliphatic carbocycles. The van der Waals surface area contributed by atoms with Gasteiger partial charge in [0.25, 0.3) is 11.3 Å². The Bertz CT molecular complexity index is 664. The van der Waals surface area contributed by atoms with Gasteiger partial charge in [0.05, 0.1) is 6.61 Å². The predicted octanol–water partition coefficient (Wildman–Crippen LogP) is 2.62. The highest BCUT2D eigenvalue weighted by atomic mass is 32.2. The number of rotatable bonds is 5. The summed E-state index contributed by atoms with van der Waals surface area (Å²) in [6, 6.07) is 10.5. The van der Waals surface area contributed by atoms with Gasteiger partial charge in [-0.2, -0.15) is 0 Å². The highest BCUT2D eigenvalue weighted by Crippen LogP contribution is 2.14. The second-order valence-corrected chi connectivity index (χ2v) is 5.73. The number of pyridine rings is 1. The zero-order valence-electron chi connectivity index (χ0n) is 12.3. The quantitative estimate of drug-likeness (QED) is 0.847. The first-order valence-electron chi connectivity index (χ1n) is 6.52. The number of amides is 1. The molecule has 0 saturated heterocycles. The molecule has 1 unspecified atom stereocenters. The fraction of sp³-hybridized carbons (Fsp3) is 0.200. The third-order valence-corrected chi connectivity index (χ3v) is 3.67. The van der Waals surface area contributed by atoms with E-state index in [1.807, 2.05) is 13.0 Å². The second kappa shape index (κ2) is 7.67. The molecule has 2 rings (SSSR count). The van der Waals surface area contributed by atoms with Gasteiger partial charge in [-0.25, -0.2) is 13.3 Å². The summed E-state index contributed by atoms with van der Waals surface area (Å²) < 4.78 is 23.1. The first-order chi connectivity index (χ1) is 10.6. The summed E-state index contributed by atoms with van der Waals surface area (Å²) in [7, 11) is 1.35. The van der Waals surface area contributed by atoms with Crippen LogP contribution in [0.25, 0.3) is 0 Å². The molecular weight excluding hydrogens is 304 g/mol. The normalized spacial score (nSPS) is 11.7. The fourth-order valence-electron chi connectivity index (χ4n) is 1.58. The van der Waals surface area contributed by atoms with Crippen LogP contribution in [0.4, 0.5) is 4.79 Å². The number of hydrogen-bond acceptors (Lipinski definition) is 5. The van der Waals surface area contributed by atoms with E-state index in [-0.39, 0.29) is 6.61 Å². The van der Waals surface area contributed by atoms with E-state index in [4.69, 9.17) is 8.92 Å². The standard InChI is InChI=1S/C15H16N2O4S/c1-12-4-3-5-14(10-12)21-15(18)17(2)22(19)20-11-13-6-8-16-9-7-13/h3-10H,11H2,1-2H3. The number of aryl methyl sites for hydroxylation is 1. The molecule has 0 bridgehead atoms. The van der Waals surface area contributed by atoms with Crippen molar-refractivity contribution in [1.82, 2.24) is 9.29 Å². The minimum Gasteiger partial charge on any atom is -0.409 e. The molecule has 1 atom stereocenters. The van der Waals surface area contributed by atoms with Crippen LogP contribution >= 0.6 is 0 Å². The van der Waals surface area contributed by atoms with Crippen LogP contribution in [-0.2, 0) is 22.1 Å². The lowest BCUT2D eigenvalue weighted by atomic mass is 10.2. The number of hydrogen-bond donors (Lipinski definition) is 0. The second-order valence-electron chi connectivity index (χ2n) is 4.52. The fourth-order valence-corrected chi connectivity index (χ4v) is 2.14. The van der Waals surface area contributed by atoms with Crippen LogP contribution in [0.5, 0.6) is 5.75 Å². The Balaban J connectivity index is 1.88. The number of benzene rings is 1. The molecule has 0 fully saturated rings. The number of ether oxygens (including phenoxy) is 1.